The van der Waals surface area contributed by atoms with E-state index in [2.05, 4.69) is 16.3 Å². The van der Waals surface area contributed by atoms with Crippen LogP contribution in [0.4, 0.5) is 5.69 Å². The lowest BCUT2D eigenvalue weighted by molar-refractivity contribution is -0.122. The molecule has 0 spiro atoms. The molecule has 4 nitrogen and oxygen atoms in total. The smallest absolute Gasteiger partial charge is 0.241 e. The average Bonchev–Trinajstić information content (AvgIpc) is 2.61. The molecular formula is C19H25N3O. The number of carbonyl (C=O) groups excluding carboxylic acids is 1. The van der Waals surface area contributed by atoms with Gasteiger partial charge in [0.25, 0.3) is 0 Å². The number of piperidine rings is 1. The number of likely N-dealkylation sites (tertiary alicyclic amines) is 1. The Morgan fingerprint density at radius 2 is 1.91 bits per heavy atom. The van der Waals surface area contributed by atoms with Gasteiger partial charge in [0.1, 0.15) is 0 Å². The lowest BCUT2D eigenvalue weighted by Gasteiger charge is -2.43. The molecular weight excluding hydrogens is 286 g/mol. The van der Waals surface area contributed by atoms with Crippen LogP contribution < -0.4 is 5.32 Å². The number of carbonyl (C=O) groups is 1. The summed E-state index contributed by atoms with van der Waals surface area (Å²) in [5, 5.41) is 11.8. The van der Waals surface area contributed by atoms with Crippen LogP contribution >= 0.6 is 0 Å². The summed E-state index contributed by atoms with van der Waals surface area (Å²) in [4.78, 5) is 14.8. The fourth-order valence-electron chi connectivity index (χ4n) is 4.02. The van der Waals surface area contributed by atoms with Gasteiger partial charge in [-0.3, -0.25) is 9.69 Å². The second-order valence-corrected chi connectivity index (χ2v) is 6.94. The molecule has 3 atom stereocenters. The molecule has 2 aliphatic rings. The maximum Gasteiger partial charge on any atom is 0.241 e. The molecule has 1 N–H and O–H groups in total. The average molecular weight is 311 g/mol. The van der Waals surface area contributed by atoms with E-state index in [4.69, 9.17) is 5.26 Å². The minimum absolute atomic E-state index is 0.0453. The summed E-state index contributed by atoms with van der Waals surface area (Å²) in [7, 11) is 0. The third-order valence-corrected chi connectivity index (χ3v) is 5.53. The number of anilines is 1. The molecule has 1 aliphatic heterocycles. The third kappa shape index (κ3) is 3.73. The van der Waals surface area contributed by atoms with Gasteiger partial charge >= 0.3 is 0 Å². The number of fused-ring (bicyclic) bond motifs is 1. The van der Waals surface area contributed by atoms with Gasteiger partial charge in [0, 0.05) is 12.2 Å². The van der Waals surface area contributed by atoms with Crippen LogP contribution in [0.3, 0.4) is 0 Å². The van der Waals surface area contributed by atoms with E-state index in [1.165, 1.54) is 32.1 Å². The molecule has 1 saturated carbocycles. The number of rotatable bonds is 3. The van der Waals surface area contributed by atoms with Crippen LogP contribution in [0.15, 0.2) is 24.3 Å². The molecule has 122 valence electrons. The summed E-state index contributed by atoms with van der Waals surface area (Å²) >= 11 is 0. The van der Waals surface area contributed by atoms with Crippen LogP contribution in [0.1, 0.15) is 44.6 Å². The maximum absolute atomic E-state index is 12.5. The fourth-order valence-corrected chi connectivity index (χ4v) is 4.02. The molecule has 0 radical (unpaired) electrons. The van der Waals surface area contributed by atoms with Crippen LogP contribution in [0.5, 0.6) is 0 Å². The normalized spacial score (nSPS) is 25.9. The molecule has 1 aromatic rings. The van der Waals surface area contributed by atoms with Gasteiger partial charge in [0.2, 0.25) is 5.91 Å². The first-order valence-electron chi connectivity index (χ1n) is 8.72. The molecule has 23 heavy (non-hydrogen) atoms. The summed E-state index contributed by atoms with van der Waals surface area (Å²) in [6.45, 7) is 4.10. The Morgan fingerprint density at radius 3 is 2.61 bits per heavy atom. The van der Waals surface area contributed by atoms with Crippen molar-refractivity contribution in [1.82, 2.24) is 4.90 Å². The Hall–Kier alpha value is -1.86. The zero-order chi connectivity index (χ0) is 16.2. The largest absolute Gasteiger partial charge is 0.325 e. The van der Waals surface area contributed by atoms with Crippen LogP contribution in [-0.4, -0.2) is 29.9 Å². The van der Waals surface area contributed by atoms with E-state index < -0.39 is 0 Å². The molecule has 1 heterocycles. The Bertz CT molecular complexity index is 590. The lowest BCUT2D eigenvalue weighted by Crippen LogP contribution is -2.49. The number of nitrogens with one attached hydrogen (secondary N) is 1. The number of nitrogens with zero attached hydrogens (tertiary/aromatic N) is 2. The highest BCUT2D eigenvalue weighted by molar-refractivity contribution is 5.94. The number of benzene rings is 1. The van der Waals surface area contributed by atoms with Crippen LogP contribution in [-0.2, 0) is 4.79 Å². The minimum Gasteiger partial charge on any atom is -0.325 e. The summed E-state index contributed by atoms with van der Waals surface area (Å²) in [5.41, 5.74) is 1.36. The first-order chi connectivity index (χ1) is 11.2. The van der Waals surface area contributed by atoms with Gasteiger partial charge < -0.3 is 5.32 Å². The molecule has 1 aromatic carbocycles. The van der Waals surface area contributed by atoms with Gasteiger partial charge in [-0.05, 0) is 62.4 Å². The van der Waals surface area contributed by atoms with E-state index >= 15 is 0 Å². The van der Waals surface area contributed by atoms with Crippen LogP contribution in [0.25, 0.3) is 0 Å². The van der Waals surface area contributed by atoms with Crippen molar-refractivity contribution < 1.29 is 4.79 Å². The van der Waals surface area contributed by atoms with E-state index in [0.29, 0.717) is 5.56 Å². The van der Waals surface area contributed by atoms with Gasteiger partial charge in [0.05, 0.1) is 17.7 Å². The van der Waals surface area contributed by atoms with Crippen LogP contribution in [0.2, 0.25) is 0 Å². The molecule has 2 fully saturated rings. The molecule has 0 aromatic heterocycles. The minimum atomic E-state index is -0.103. The number of amides is 1. The number of hydrogen-bond donors (Lipinski definition) is 1. The maximum atomic E-state index is 12.5. The highest BCUT2D eigenvalue weighted by atomic mass is 16.2. The summed E-state index contributed by atoms with van der Waals surface area (Å²) in [6, 6.07) is 9.02. The first-order valence-corrected chi connectivity index (χ1v) is 8.72. The molecule has 0 bridgehead atoms. The molecule has 4 heteroatoms. The zero-order valence-corrected chi connectivity index (χ0v) is 13.8. The highest BCUT2D eigenvalue weighted by Gasteiger charge is 2.34. The summed E-state index contributed by atoms with van der Waals surface area (Å²) in [5.74, 6) is 1.71. The molecule has 0 unspecified atom stereocenters. The Kier molecular flexibility index (Phi) is 4.97. The van der Waals surface area contributed by atoms with E-state index in [0.717, 1.165) is 30.6 Å². The Morgan fingerprint density at radius 1 is 1.22 bits per heavy atom. The Labute approximate surface area is 138 Å². The van der Waals surface area contributed by atoms with E-state index in [9.17, 15) is 4.79 Å². The zero-order valence-electron chi connectivity index (χ0n) is 13.8. The highest BCUT2D eigenvalue weighted by Crippen LogP contribution is 2.36. The van der Waals surface area contributed by atoms with Crippen molar-refractivity contribution in [3.05, 3.63) is 29.8 Å². The molecule has 1 saturated heterocycles. The predicted octanol–water partition coefficient (Wildman–Crippen LogP) is 3.40. The lowest BCUT2D eigenvalue weighted by atomic mass is 9.75. The molecule has 3 rings (SSSR count). The Balaban J connectivity index is 1.57. The summed E-state index contributed by atoms with van der Waals surface area (Å²) in [6.07, 6.45) is 6.67. The summed E-state index contributed by atoms with van der Waals surface area (Å²) < 4.78 is 0. The third-order valence-electron chi connectivity index (χ3n) is 5.53. The van der Waals surface area contributed by atoms with E-state index in [-0.39, 0.29) is 11.9 Å². The molecule has 1 aliphatic carbocycles. The van der Waals surface area contributed by atoms with Crippen molar-refractivity contribution >= 4 is 11.6 Å². The first kappa shape index (κ1) is 16.0. The van der Waals surface area contributed by atoms with Gasteiger partial charge in [-0.2, -0.15) is 5.26 Å². The van der Waals surface area contributed by atoms with Gasteiger partial charge in [-0.15, -0.1) is 0 Å². The van der Waals surface area contributed by atoms with Crippen molar-refractivity contribution in [2.75, 3.05) is 18.4 Å². The second kappa shape index (κ2) is 7.14. The standard InChI is InChI=1S/C19H25N3O/c1-14(19(23)21-18-8-6-15(12-20)7-9-18)22-11-10-16-4-2-3-5-17(16)13-22/h6-9,14,16-17H,2-5,10-11,13H2,1H3,(H,21,23)/t14-,16-,17+/m0/s1. The predicted molar refractivity (Wildman–Crippen MR) is 90.9 cm³/mol. The quantitative estimate of drug-likeness (QED) is 0.931. The van der Waals surface area contributed by atoms with E-state index in [1.807, 2.05) is 6.92 Å². The van der Waals surface area contributed by atoms with Crippen molar-refractivity contribution in [2.24, 2.45) is 11.8 Å². The van der Waals surface area contributed by atoms with Crippen molar-refractivity contribution in [3.63, 3.8) is 0 Å². The SMILES string of the molecule is C[C@@H](C(=O)Nc1ccc(C#N)cc1)N1CC[C@@H]2CCCC[C@@H]2C1. The van der Waals surface area contributed by atoms with Crippen molar-refractivity contribution in [3.8, 4) is 6.07 Å². The number of nitriles is 1. The van der Waals surface area contributed by atoms with Gasteiger partial charge in [-0.25, -0.2) is 0 Å². The topological polar surface area (TPSA) is 56.1 Å². The van der Waals surface area contributed by atoms with E-state index in [1.54, 1.807) is 24.3 Å². The van der Waals surface area contributed by atoms with Crippen LogP contribution in [0, 0.1) is 23.2 Å². The van der Waals surface area contributed by atoms with Crippen molar-refractivity contribution in [1.29, 1.82) is 5.26 Å². The number of hydrogen-bond acceptors (Lipinski definition) is 3. The van der Waals surface area contributed by atoms with Crippen molar-refractivity contribution in [2.45, 2.75) is 45.1 Å². The van der Waals surface area contributed by atoms with Gasteiger partial charge in [-0.1, -0.05) is 19.3 Å². The van der Waals surface area contributed by atoms with Gasteiger partial charge in [0.15, 0.2) is 0 Å². The molecule has 1 amide bonds. The second-order valence-electron chi connectivity index (χ2n) is 6.94. The monoisotopic (exact) mass is 311 g/mol. The fraction of sp³-hybridized carbons (Fsp3) is 0.579.